The van der Waals surface area contributed by atoms with Crippen molar-refractivity contribution in [2.45, 2.75) is 12.2 Å². The van der Waals surface area contributed by atoms with Crippen LogP contribution in [0.1, 0.15) is 11.6 Å². The van der Waals surface area contributed by atoms with E-state index in [-0.39, 0.29) is 23.7 Å². The van der Waals surface area contributed by atoms with E-state index in [9.17, 15) is 13.2 Å². The third kappa shape index (κ3) is 3.77. The van der Waals surface area contributed by atoms with Crippen molar-refractivity contribution in [2.75, 3.05) is 33.3 Å². The highest BCUT2D eigenvalue weighted by atomic mass is 35.5. The molecule has 1 aliphatic rings. The minimum atomic E-state index is -4.31. The van der Waals surface area contributed by atoms with Crippen molar-refractivity contribution in [3.8, 4) is 5.75 Å². The van der Waals surface area contributed by atoms with Gasteiger partial charge in [0, 0.05) is 31.7 Å². The Morgan fingerprint density at radius 2 is 1.80 bits per heavy atom. The Morgan fingerprint density at radius 3 is 2.35 bits per heavy atom. The summed E-state index contributed by atoms with van der Waals surface area (Å²) in [6.45, 7) is 1.90. The summed E-state index contributed by atoms with van der Waals surface area (Å²) < 4.78 is 45.2. The van der Waals surface area contributed by atoms with Crippen LogP contribution in [0.4, 0.5) is 13.2 Å². The molecule has 1 heterocycles. The number of para-hydroxylation sites is 1. The number of methoxy groups -OCH3 is 1. The van der Waals surface area contributed by atoms with E-state index < -0.39 is 12.2 Å². The van der Waals surface area contributed by atoms with Gasteiger partial charge in [-0.1, -0.05) is 18.2 Å². The van der Waals surface area contributed by atoms with Gasteiger partial charge in [-0.3, -0.25) is 4.90 Å². The minimum absolute atomic E-state index is 0. The second kappa shape index (κ2) is 7.15. The third-order valence-corrected chi connectivity index (χ3v) is 3.26. The topological polar surface area (TPSA) is 24.5 Å². The zero-order valence-electron chi connectivity index (χ0n) is 11.1. The van der Waals surface area contributed by atoms with Crippen LogP contribution in [0.15, 0.2) is 24.3 Å². The number of benzene rings is 1. The van der Waals surface area contributed by atoms with Crippen molar-refractivity contribution >= 4 is 12.4 Å². The second-order valence-corrected chi connectivity index (χ2v) is 4.47. The predicted octanol–water partition coefficient (Wildman–Crippen LogP) is 2.63. The number of nitrogens with zero attached hydrogens (tertiary/aromatic N) is 1. The quantitative estimate of drug-likeness (QED) is 0.929. The van der Waals surface area contributed by atoms with Gasteiger partial charge in [0.15, 0.2) is 0 Å². The number of hydrogen-bond donors (Lipinski definition) is 1. The molecule has 114 valence electrons. The van der Waals surface area contributed by atoms with Gasteiger partial charge in [0.25, 0.3) is 0 Å². The maximum atomic E-state index is 13.4. The molecule has 0 saturated carbocycles. The Morgan fingerprint density at radius 1 is 1.20 bits per heavy atom. The standard InChI is InChI=1S/C13H17F3N2O.ClH/c1-19-11-5-3-2-4-10(11)12(13(14,15)16)18-8-6-17-7-9-18;/h2-5,12,17H,6-9H2,1H3;1H/t12-;/m0./s1. The number of hydrogen-bond acceptors (Lipinski definition) is 3. The highest BCUT2D eigenvalue weighted by molar-refractivity contribution is 5.85. The molecule has 1 aliphatic heterocycles. The Kier molecular flexibility index (Phi) is 6.10. The summed E-state index contributed by atoms with van der Waals surface area (Å²) in [5.74, 6) is 0.281. The fraction of sp³-hybridized carbons (Fsp3) is 0.538. The van der Waals surface area contributed by atoms with Gasteiger partial charge in [-0.05, 0) is 6.07 Å². The molecule has 0 spiro atoms. The van der Waals surface area contributed by atoms with E-state index in [1.807, 2.05) is 0 Å². The predicted molar refractivity (Wildman–Crippen MR) is 73.5 cm³/mol. The van der Waals surface area contributed by atoms with Crippen LogP contribution in [-0.4, -0.2) is 44.4 Å². The smallest absolute Gasteiger partial charge is 0.408 e. The molecule has 0 bridgehead atoms. The summed E-state index contributed by atoms with van der Waals surface area (Å²) in [5, 5.41) is 3.06. The van der Waals surface area contributed by atoms with Gasteiger partial charge < -0.3 is 10.1 Å². The largest absolute Gasteiger partial charge is 0.496 e. The SMILES string of the molecule is COc1ccccc1[C@H](N1CCNCC1)C(F)(F)F.Cl. The summed E-state index contributed by atoms with van der Waals surface area (Å²) >= 11 is 0. The van der Waals surface area contributed by atoms with Gasteiger partial charge >= 0.3 is 6.18 Å². The lowest BCUT2D eigenvalue weighted by atomic mass is 10.0. The van der Waals surface area contributed by atoms with E-state index in [0.717, 1.165) is 0 Å². The molecule has 1 saturated heterocycles. The number of halogens is 4. The molecule has 20 heavy (non-hydrogen) atoms. The lowest BCUT2D eigenvalue weighted by Gasteiger charge is -2.36. The number of rotatable bonds is 3. The van der Waals surface area contributed by atoms with Crippen molar-refractivity contribution in [2.24, 2.45) is 0 Å². The average Bonchev–Trinajstić information content (AvgIpc) is 2.39. The summed E-state index contributed by atoms with van der Waals surface area (Å²) in [6, 6.07) is 4.73. The van der Waals surface area contributed by atoms with E-state index in [2.05, 4.69) is 5.32 Å². The van der Waals surface area contributed by atoms with Gasteiger partial charge in [0.2, 0.25) is 0 Å². The monoisotopic (exact) mass is 310 g/mol. The first kappa shape index (κ1) is 17.1. The maximum Gasteiger partial charge on any atom is 0.408 e. The van der Waals surface area contributed by atoms with Crippen molar-refractivity contribution in [3.05, 3.63) is 29.8 Å². The Labute approximate surface area is 122 Å². The van der Waals surface area contributed by atoms with Gasteiger partial charge in [0.05, 0.1) is 7.11 Å². The van der Waals surface area contributed by atoms with E-state index >= 15 is 0 Å². The number of nitrogens with one attached hydrogen (secondary N) is 1. The van der Waals surface area contributed by atoms with E-state index in [1.54, 1.807) is 18.2 Å². The molecule has 0 unspecified atom stereocenters. The molecular formula is C13H18ClF3N2O. The van der Waals surface area contributed by atoms with Crippen molar-refractivity contribution in [1.82, 2.24) is 10.2 Å². The summed E-state index contributed by atoms with van der Waals surface area (Å²) in [6.07, 6.45) is -4.31. The van der Waals surface area contributed by atoms with E-state index in [0.29, 0.717) is 26.2 Å². The van der Waals surface area contributed by atoms with Crippen LogP contribution in [0.25, 0.3) is 0 Å². The summed E-state index contributed by atoms with van der Waals surface area (Å²) in [7, 11) is 1.39. The fourth-order valence-electron chi connectivity index (χ4n) is 2.41. The lowest BCUT2D eigenvalue weighted by Crippen LogP contribution is -2.49. The zero-order chi connectivity index (χ0) is 13.9. The van der Waals surface area contributed by atoms with E-state index in [1.165, 1.54) is 18.1 Å². The van der Waals surface area contributed by atoms with E-state index in [4.69, 9.17) is 4.74 Å². The first-order chi connectivity index (χ1) is 9.04. The lowest BCUT2D eigenvalue weighted by molar-refractivity contribution is -0.188. The molecule has 1 fully saturated rings. The molecule has 1 N–H and O–H groups in total. The molecule has 0 radical (unpaired) electrons. The maximum absolute atomic E-state index is 13.4. The molecule has 1 atom stereocenters. The normalized spacial score (nSPS) is 18.2. The van der Waals surface area contributed by atoms with Crippen molar-refractivity contribution < 1.29 is 17.9 Å². The molecule has 3 nitrogen and oxygen atoms in total. The third-order valence-electron chi connectivity index (χ3n) is 3.26. The Balaban J connectivity index is 0.00000200. The van der Waals surface area contributed by atoms with Crippen molar-refractivity contribution in [3.63, 3.8) is 0 Å². The van der Waals surface area contributed by atoms with Gasteiger partial charge in [-0.2, -0.15) is 13.2 Å². The van der Waals surface area contributed by atoms with Crippen LogP contribution < -0.4 is 10.1 Å². The van der Waals surface area contributed by atoms with Gasteiger partial charge in [0.1, 0.15) is 11.8 Å². The molecule has 1 aromatic rings. The number of piperazine rings is 1. The van der Waals surface area contributed by atoms with Crippen LogP contribution in [0.2, 0.25) is 0 Å². The molecule has 0 aliphatic carbocycles. The highest BCUT2D eigenvalue weighted by Crippen LogP contribution is 2.41. The van der Waals surface area contributed by atoms with Crippen LogP contribution in [0.3, 0.4) is 0 Å². The van der Waals surface area contributed by atoms with Gasteiger partial charge in [-0.15, -0.1) is 12.4 Å². The first-order valence-electron chi connectivity index (χ1n) is 6.18. The molecule has 1 aromatic carbocycles. The van der Waals surface area contributed by atoms with Crippen LogP contribution in [0.5, 0.6) is 5.75 Å². The number of ether oxygens (including phenoxy) is 1. The zero-order valence-corrected chi connectivity index (χ0v) is 11.9. The minimum Gasteiger partial charge on any atom is -0.496 e. The Bertz CT molecular complexity index is 422. The van der Waals surface area contributed by atoms with Gasteiger partial charge in [-0.25, -0.2) is 0 Å². The molecular weight excluding hydrogens is 293 g/mol. The molecule has 2 rings (SSSR count). The first-order valence-corrected chi connectivity index (χ1v) is 6.18. The molecule has 0 aromatic heterocycles. The average molecular weight is 311 g/mol. The Hall–Kier alpha value is -0.980. The molecule has 0 amide bonds. The van der Waals surface area contributed by atoms with Crippen LogP contribution >= 0.6 is 12.4 Å². The second-order valence-electron chi connectivity index (χ2n) is 4.47. The summed E-state index contributed by atoms with van der Waals surface area (Å²) in [5.41, 5.74) is 0.180. The van der Waals surface area contributed by atoms with Crippen LogP contribution in [0, 0.1) is 0 Å². The fourth-order valence-corrected chi connectivity index (χ4v) is 2.41. The van der Waals surface area contributed by atoms with Crippen molar-refractivity contribution in [1.29, 1.82) is 0 Å². The molecule has 7 heteroatoms. The summed E-state index contributed by atoms with van der Waals surface area (Å²) in [4.78, 5) is 1.45. The highest BCUT2D eigenvalue weighted by Gasteiger charge is 2.46. The van der Waals surface area contributed by atoms with Crippen LogP contribution in [-0.2, 0) is 0 Å². The number of alkyl halides is 3.